The maximum atomic E-state index is 11.0. The van der Waals surface area contributed by atoms with E-state index < -0.39 is 5.97 Å². The summed E-state index contributed by atoms with van der Waals surface area (Å²) < 4.78 is 0. The van der Waals surface area contributed by atoms with E-state index in [1.165, 1.54) is 0 Å². The van der Waals surface area contributed by atoms with Crippen LogP contribution in [0.1, 0.15) is 15.9 Å². The molecule has 2 aromatic rings. The molecule has 0 aliphatic heterocycles. The van der Waals surface area contributed by atoms with Crippen LogP contribution in [-0.2, 0) is 6.54 Å². The normalized spacial score (nSPS) is 9.81. The van der Waals surface area contributed by atoms with Crippen molar-refractivity contribution < 1.29 is 9.90 Å². The van der Waals surface area contributed by atoms with Crippen LogP contribution in [0, 0.1) is 0 Å². The molecule has 0 atom stereocenters. The molecule has 0 aliphatic rings. The van der Waals surface area contributed by atoms with E-state index in [1.54, 1.807) is 12.1 Å². The number of benzene rings is 2. The van der Waals surface area contributed by atoms with Crippen LogP contribution in [0.4, 0.5) is 0 Å². The smallest absolute Gasteiger partial charge is 0.336 e. The third-order valence-corrected chi connectivity index (χ3v) is 2.39. The summed E-state index contributed by atoms with van der Waals surface area (Å²) in [5, 5.41) is 10.7. The van der Waals surface area contributed by atoms with Gasteiger partial charge in [0, 0.05) is 6.54 Å². The van der Waals surface area contributed by atoms with Gasteiger partial charge in [-0.05, 0) is 28.5 Å². The zero-order chi connectivity index (χ0) is 10.8. The first-order chi connectivity index (χ1) is 7.22. The van der Waals surface area contributed by atoms with E-state index in [2.05, 4.69) is 0 Å². The highest BCUT2D eigenvalue weighted by Crippen LogP contribution is 2.21. The Kier molecular flexibility index (Phi) is 3.88. The molecule has 2 rings (SSSR count). The highest BCUT2D eigenvalue weighted by molar-refractivity contribution is 6.04. The van der Waals surface area contributed by atoms with Gasteiger partial charge in [-0.2, -0.15) is 0 Å². The molecular formula is C12H12ClNO2. The zero-order valence-corrected chi connectivity index (χ0v) is 9.33. The molecule has 0 amide bonds. The van der Waals surface area contributed by atoms with Crippen molar-refractivity contribution in [1.82, 2.24) is 0 Å². The number of aromatic carboxylic acids is 1. The van der Waals surface area contributed by atoms with Crippen LogP contribution < -0.4 is 5.73 Å². The Bertz CT molecular complexity index is 525. The lowest BCUT2D eigenvalue weighted by atomic mass is 10.0. The Morgan fingerprint density at radius 1 is 1.25 bits per heavy atom. The van der Waals surface area contributed by atoms with Crippen molar-refractivity contribution in [3.8, 4) is 0 Å². The summed E-state index contributed by atoms with van der Waals surface area (Å²) >= 11 is 0. The van der Waals surface area contributed by atoms with Gasteiger partial charge in [-0.1, -0.05) is 24.3 Å². The van der Waals surface area contributed by atoms with Crippen molar-refractivity contribution >= 4 is 29.1 Å². The van der Waals surface area contributed by atoms with Gasteiger partial charge in [0.05, 0.1) is 5.56 Å². The Morgan fingerprint density at radius 3 is 2.56 bits per heavy atom. The van der Waals surface area contributed by atoms with Gasteiger partial charge in [0.25, 0.3) is 0 Å². The highest BCUT2D eigenvalue weighted by Gasteiger charge is 2.09. The fraction of sp³-hybridized carbons (Fsp3) is 0.0833. The summed E-state index contributed by atoms with van der Waals surface area (Å²) in [6.45, 7) is 0.352. The van der Waals surface area contributed by atoms with Crippen molar-refractivity contribution in [3.05, 3.63) is 47.5 Å². The first-order valence-electron chi connectivity index (χ1n) is 4.67. The third kappa shape index (κ3) is 2.15. The van der Waals surface area contributed by atoms with Crippen LogP contribution in [0.25, 0.3) is 10.8 Å². The minimum atomic E-state index is -0.915. The number of fused-ring (bicyclic) bond motifs is 1. The Morgan fingerprint density at radius 2 is 1.94 bits per heavy atom. The Hall–Kier alpha value is -1.58. The minimum Gasteiger partial charge on any atom is -0.478 e. The molecule has 3 N–H and O–H groups in total. The van der Waals surface area contributed by atoms with E-state index in [-0.39, 0.29) is 12.4 Å². The number of rotatable bonds is 2. The van der Waals surface area contributed by atoms with Gasteiger partial charge >= 0.3 is 5.97 Å². The topological polar surface area (TPSA) is 63.3 Å². The molecule has 3 nitrogen and oxygen atoms in total. The second-order valence-electron chi connectivity index (χ2n) is 3.37. The maximum absolute atomic E-state index is 11.0. The molecule has 0 heterocycles. The summed E-state index contributed by atoms with van der Waals surface area (Å²) in [7, 11) is 0. The van der Waals surface area contributed by atoms with E-state index in [4.69, 9.17) is 10.8 Å². The first-order valence-corrected chi connectivity index (χ1v) is 4.67. The van der Waals surface area contributed by atoms with Gasteiger partial charge < -0.3 is 10.8 Å². The number of hydrogen-bond acceptors (Lipinski definition) is 2. The highest BCUT2D eigenvalue weighted by atomic mass is 35.5. The van der Waals surface area contributed by atoms with Gasteiger partial charge in [-0.15, -0.1) is 12.4 Å². The Labute approximate surface area is 99.3 Å². The van der Waals surface area contributed by atoms with E-state index in [1.807, 2.05) is 24.3 Å². The largest absolute Gasteiger partial charge is 0.478 e. The molecule has 0 radical (unpaired) electrons. The summed E-state index contributed by atoms with van der Waals surface area (Å²) in [6, 6.07) is 11.0. The second kappa shape index (κ2) is 4.96. The predicted molar refractivity (Wildman–Crippen MR) is 66.0 cm³/mol. The molecule has 16 heavy (non-hydrogen) atoms. The monoisotopic (exact) mass is 237 g/mol. The van der Waals surface area contributed by atoms with Crippen LogP contribution in [-0.4, -0.2) is 11.1 Å². The summed E-state index contributed by atoms with van der Waals surface area (Å²) in [6.07, 6.45) is 0. The van der Waals surface area contributed by atoms with Crippen molar-refractivity contribution in [2.24, 2.45) is 5.73 Å². The minimum absolute atomic E-state index is 0. The van der Waals surface area contributed by atoms with Gasteiger partial charge in [0.2, 0.25) is 0 Å². The average molecular weight is 238 g/mol. The van der Waals surface area contributed by atoms with Gasteiger partial charge in [0.1, 0.15) is 0 Å². The lowest BCUT2D eigenvalue weighted by Gasteiger charge is -2.05. The number of nitrogens with two attached hydrogens (primary N) is 1. The molecule has 0 saturated heterocycles. The quantitative estimate of drug-likeness (QED) is 0.843. The maximum Gasteiger partial charge on any atom is 0.336 e. The van der Waals surface area contributed by atoms with Crippen LogP contribution in [0.5, 0.6) is 0 Å². The summed E-state index contributed by atoms with van der Waals surface area (Å²) in [5.74, 6) is -0.915. The molecule has 84 valence electrons. The van der Waals surface area contributed by atoms with Gasteiger partial charge in [0.15, 0.2) is 0 Å². The molecule has 0 fully saturated rings. The van der Waals surface area contributed by atoms with Gasteiger partial charge in [-0.3, -0.25) is 0 Å². The van der Waals surface area contributed by atoms with Crippen molar-refractivity contribution in [2.45, 2.75) is 6.54 Å². The molecule has 0 bridgehead atoms. The molecule has 0 saturated carbocycles. The summed E-state index contributed by atoms with van der Waals surface area (Å²) in [5.41, 5.74) is 6.67. The van der Waals surface area contributed by atoms with Crippen molar-refractivity contribution in [2.75, 3.05) is 0 Å². The van der Waals surface area contributed by atoms with E-state index in [0.29, 0.717) is 12.1 Å². The molecular weight excluding hydrogens is 226 g/mol. The fourth-order valence-corrected chi connectivity index (χ4v) is 1.67. The Balaban J connectivity index is 0.00000128. The lowest BCUT2D eigenvalue weighted by Crippen LogP contribution is -2.02. The fourth-order valence-electron chi connectivity index (χ4n) is 1.67. The third-order valence-electron chi connectivity index (χ3n) is 2.39. The van der Waals surface area contributed by atoms with Crippen LogP contribution >= 0.6 is 12.4 Å². The number of carboxylic acid groups (broad SMARTS) is 1. The van der Waals surface area contributed by atoms with Crippen molar-refractivity contribution in [3.63, 3.8) is 0 Å². The predicted octanol–water partition coefficient (Wildman–Crippen LogP) is 2.42. The average Bonchev–Trinajstić information content (AvgIpc) is 2.27. The number of carbonyl (C=O) groups is 1. The molecule has 0 aliphatic carbocycles. The zero-order valence-electron chi connectivity index (χ0n) is 8.51. The summed E-state index contributed by atoms with van der Waals surface area (Å²) in [4.78, 5) is 11.0. The molecule has 2 aromatic carbocycles. The van der Waals surface area contributed by atoms with Crippen LogP contribution in [0.15, 0.2) is 36.4 Å². The van der Waals surface area contributed by atoms with E-state index in [0.717, 1.165) is 16.3 Å². The van der Waals surface area contributed by atoms with E-state index >= 15 is 0 Å². The molecule has 4 heteroatoms. The number of hydrogen-bond donors (Lipinski definition) is 2. The SMILES string of the molecule is Cl.NCc1cc(C(=O)O)c2ccccc2c1. The van der Waals surface area contributed by atoms with Crippen LogP contribution in [0.2, 0.25) is 0 Å². The second-order valence-corrected chi connectivity index (χ2v) is 3.37. The number of carboxylic acids is 1. The number of halogens is 1. The lowest BCUT2D eigenvalue weighted by molar-refractivity contribution is 0.0699. The van der Waals surface area contributed by atoms with Crippen LogP contribution in [0.3, 0.4) is 0 Å². The molecule has 0 spiro atoms. The standard InChI is InChI=1S/C12H11NO2.ClH/c13-7-8-5-9-3-1-2-4-10(9)11(6-8)12(14)15;/h1-6H,7,13H2,(H,14,15);1H. The molecule has 0 aromatic heterocycles. The van der Waals surface area contributed by atoms with E-state index in [9.17, 15) is 4.79 Å². The van der Waals surface area contributed by atoms with Gasteiger partial charge in [-0.25, -0.2) is 4.79 Å². The first kappa shape index (κ1) is 12.5. The molecule has 0 unspecified atom stereocenters. The van der Waals surface area contributed by atoms with Crippen molar-refractivity contribution in [1.29, 1.82) is 0 Å².